The van der Waals surface area contributed by atoms with Gasteiger partial charge < -0.3 is 0 Å². The molecule has 0 spiro atoms. The molecule has 23 heavy (non-hydrogen) atoms. The van der Waals surface area contributed by atoms with E-state index in [9.17, 15) is 18.0 Å². The molecule has 0 N–H and O–H groups in total. The lowest BCUT2D eigenvalue weighted by Gasteiger charge is -2.16. The summed E-state index contributed by atoms with van der Waals surface area (Å²) in [6, 6.07) is 10.1. The zero-order chi connectivity index (χ0) is 16.8. The molecule has 0 saturated carbocycles. The maximum absolute atomic E-state index is 13.2. The van der Waals surface area contributed by atoms with E-state index in [0.29, 0.717) is 10.9 Å². The molecule has 0 aliphatic rings. The van der Waals surface area contributed by atoms with Crippen LogP contribution in [0.25, 0.3) is 16.6 Å². The normalized spacial score (nSPS) is 11.9. The number of aryl methyl sites for hydroxylation is 1. The van der Waals surface area contributed by atoms with E-state index in [1.54, 1.807) is 18.2 Å². The summed E-state index contributed by atoms with van der Waals surface area (Å²) in [6.07, 6.45) is -4.55. The van der Waals surface area contributed by atoms with Crippen LogP contribution in [-0.4, -0.2) is 9.55 Å². The molecular formula is C16H10F3IN2O. The predicted octanol–water partition coefficient (Wildman–Crippen LogP) is 4.32. The van der Waals surface area contributed by atoms with Crippen LogP contribution in [0.5, 0.6) is 0 Å². The molecular weight excluding hydrogens is 420 g/mol. The second-order valence-corrected chi connectivity index (χ2v) is 6.22. The van der Waals surface area contributed by atoms with Gasteiger partial charge in [-0.2, -0.15) is 13.2 Å². The molecule has 1 heterocycles. The summed E-state index contributed by atoms with van der Waals surface area (Å²) in [5.74, 6) is 0.209. The van der Waals surface area contributed by atoms with E-state index in [1.807, 2.05) is 22.6 Å². The molecule has 118 valence electrons. The van der Waals surface area contributed by atoms with Crippen molar-refractivity contribution >= 4 is 33.5 Å². The van der Waals surface area contributed by atoms with Gasteiger partial charge in [0, 0.05) is 3.57 Å². The SMILES string of the molecule is Cc1nc2ccc(I)cc2c(=O)n1-c1ccccc1C(F)(F)F. The van der Waals surface area contributed by atoms with E-state index < -0.39 is 17.3 Å². The first-order valence-corrected chi connectivity index (χ1v) is 7.72. The maximum atomic E-state index is 13.2. The molecule has 0 unspecified atom stereocenters. The van der Waals surface area contributed by atoms with Crippen LogP contribution in [0.2, 0.25) is 0 Å². The minimum absolute atomic E-state index is 0.209. The molecule has 3 rings (SSSR count). The van der Waals surface area contributed by atoms with Crippen molar-refractivity contribution in [1.29, 1.82) is 0 Å². The summed E-state index contributed by atoms with van der Waals surface area (Å²) >= 11 is 2.04. The molecule has 0 radical (unpaired) electrons. The number of aromatic nitrogens is 2. The quantitative estimate of drug-likeness (QED) is 0.540. The molecule has 0 fully saturated rings. The van der Waals surface area contributed by atoms with Crippen LogP contribution in [0.1, 0.15) is 11.4 Å². The average Bonchev–Trinajstić information content (AvgIpc) is 2.48. The number of rotatable bonds is 1. The van der Waals surface area contributed by atoms with Gasteiger partial charge in [-0.25, -0.2) is 4.98 Å². The van der Waals surface area contributed by atoms with Crippen molar-refractivity contribution < 1.29 is 13.2 Å². The number of halogens is 4. The molecule has 0 saturated heterocycles. The van der Waals surface area contributed by atoms with Crippen molar-refractivity contribution in [3.63, 3.8) is 0 Å². The average molecular weight is 430 g/mol. The number of nitrogens with zero attached hydrogens (tertiary/aromatic N) is 2. The largest absolute Gasteiger partial charge is 0.418 e. The van der Waals surface area contributed by atoms with Crippen LogP contribution in [0.15, 0.2) is 47.3 Å². The molecule has 0 bridgehead atoms. The van der Waals surface area contributed by atoms with Gasteiger partial charge >= 0.3 is 6.18 Å². The lowest BCUT2D eigenvalue weighted by molar-refractivity contribution is -0.137. The van der Waals surface area contributed by atoms with Crippen LogP contribution in [0.4, 0.5) is 13.2 Å². The van der Waals surface area contributed by atoms with Gasteiger partial charge in [0.15, 0.2) is 0 Å². The van der Waals surface area contributed by atoms with E-state index in [0.717, 1.165) is 14.2 Å². The fourth-order valence-electron chi connectivity index (χ4n) is 2.46. The number of fused-ring (bicyclic) bond motifs is 1. The third kappa shape index (κ3) is 2.85. The van der Waals surface area contributed by atoms with Crippen molar-refractivity contribution in [2.75, 3.05) is 0 Å². The van der Waals surface area contributed by atoms with E-state index >= 15 is 0 Å². The molecule has 0 aliphatic heterocycles. The summed E-state index contributed by atoms with van der Waals surface area (Å²) in [4.78, 5) is 17.0. The fourth-order valence-corrected chi connectivity index (χ4v) is 2.95. The summed E-state index contributed by atoms with van der Waals surface area (Å²) in [5.41, 5.74) is -1.12. The zero-order valence-corrected chi connectivity index (χ0v) is 14.0. The predicted molar refractivity (Wildman–Crippen MR) is 89.8 cm³/mol. The smallest absolute Gasteiger partial charge is 0.268 e. The van der Waals surface area contributed by atoms with E-state index in [4.69, 9.17) is 0 Å². The summed E-state index contributed by atoms with van der Waals surface area (Å²) in [5, 5.41) is 0.291. The second kappa shape index (κ2) is 5.63. The van der Waals surface area contributed by atoms with Crippen LogP contribution in [0, 0.1) is 10.5 Å². The van der Waals surface area contributed by atoms with Gasteiger partial charge in [0.05, 0.1) is 22.2 Å². The van der Waals surface area contributed by atoms with Gasteiger partial charge in [0.2, 0.25) is 0 Å². The van der Waals surface area contributed by atoms with Crippen LogP contribution >= 0.6 is 22.6 Å². The first-order chi connectivity index (χ1) is 10.8. The van der Waals surface area contributed by atoms with Gasteiger partial charge in [-0.05, 0) is 59.8 Å². The van der Waals surface area contributed by atoms with Gasteiger partial charge in [-0.1, -0.05) is 12.1 Å². The highest BCUT2D eigenvalue weighted by Crippen LogP contribution is 2.33. The molecule has 3 aromatic rings. The van der Waals surface area contributed by atoms with Gasteiger partial charge in [0.25, 0.3) is 5.56 Å². The molecule has 3 nitrogen and oxygen atoms in total. The lowest BCUT2D eigenvalue weighted by Crippen LogP contribution is -2.25. The van der Waals surface area contributed by atoms with E-state index in [2.05, 4.69) is 4.98 Å². The Labute approximate surface area is 142 Å². The highest BCUT2D eigenvalue weighted by atomic mass is 127. The Morgan fingerprint density at radius 1 is 1.13 bits per heavy atom. The third-order valence-electron chi connectivity index (χ3n) is 3.45. The van der Waals surface area contributed by atoms with Crippen molar-refractivity contribution in [1.82, 2.24) is 9.55 Å². The Kier molecular flexibility index (Phi) is 3.91. The highest BCUT2D eigenvalue weighted by molar-refractivity contribution is 14.1. The zero-order valence-electron chi connectivity index (χ0n) is 11.9. The molecule has 0 aliphatic carbocycles. The molecule has 0 amide bonds. The number of alkyl halides is 3. The lowest BCUT2D eigenvalue weighted by atomic mass is 10.1. The number of hydrogen-bond donors (Lipinski definition) is 0. The first kappa shape index (κ1) is 16.0. The standard InChI is InChI=1S/C16H10F3IN2O/c1-9-21-13-7-6-10(20)8-11(13)15(23)22(9)14-5-3-2-4-12(14)16(17,18)19/h2-8H,1H3. The fraction of sp³-hybridized carbons (Fsp3) is 0.125. The van der Waals surface area contributed by atoms with Crippen molar-refractivity contribution in [3.8, 4) is 5.69 Å². The molecule has 2 aromatic carbocycles. The van der Waals surface area contributed by atoms with Crippen LogP contribution < -0.4 is 5.56 Å². The Bertz CT molecular complexity index is 964. The molecule has 0 atom stereocenters. The van der Waals surface area contributed by atoms with Crippen molar-refractivity contribution in [2.24, 2.45) is 0 Å². The van der Waals surface area contributed by atoms with Gasteiger partial charge in [0.1, 0.15) is 5.82 Å². The first-order valence-electron chi connectivity index (χ1n) is 6.64. The van der Waals surface area contributed by atoms with Gasteiger partial charge in [-0.3, -0.25) is 9.36 Å². The third-order valence-corrected chi connectivity index (χ3v) is 4.12. The number of hydrogen-bond acceptors (Lipinski definition) is 2. The number of benzene rings is 2. The van der Waals surface area contributed by atoms with Crippen molar-refractivity contribution in [2.45, 2.75) is 13.1 Å². The Balaban J connectivity index is 2.41. The molecule has 1 aromatic heterocycles. The van der Waals surface area contributed by atoms with E-state index in [-0.39, 0.29) is 11.5 Å². The Morgan fingerprint density at radius 2 is 1.83 bits per heavy atom. The van der Waals surface area contributed by atoms with Crippen LogP contribution in [0.3, 0.4) is 0 Å². The summed E-state index contributed by atoms with van der Waals surface area (Å²) in [6.45, 7) is 1.52. The Hall–Kier alpha value is -1.90. The number of para-hydroxylation sites is 1. The topological polar surface area (TPSA) is 34.9 Å². The minimum Gasteiger partial charge on any atom is -0.268 e. The maximum Gasteiger partial charge on any atom is 0.418 e. The summed E-state index contributed by atoms with van der Waals surface area (Å²) < 4.78 is 41.5. The van der Waals surface area contributed by atoms with Crippen LogP contribution in [-0.2, 0) is 6.18 Å². The Morgan fingerprint density at radius 3 is 2.52 bits per heavy atom. The molecule has 7 heteroatoms. The summed E-state index contributed by atoms with van der Waals surface area (Å²) in [7, 11) is 0. The van der Waals surface area contributed by atoms with Crippen molar-refractivity contribution in [3.05, 3.63) is 67.8 Å². The minimum atomic E-state index is -4.55. The van der Waals surface area contributed by atoms with Gasteiger partial charge in [-0.15, -0.1) is 0 Å². The second-order valence-electron chi connectivity index (χ2n) is 4.98. The highest BCUT2D eigenvalue weighted by Gasteiger charge is 2.34. The van der Waals surface area contributed by atoms with E-state index in [1.165, 1.54) is 25.1 Å². The monoisotopic (exact) mass is 430 g/mol.